The summed E-state index contributed by atoms with van der Waals surface area (Å²) >= 11 is 0. The average Bonchev–Trinajstić information content (AvgIpc) is 3.95. The van der Waals surface area contributed by atoms with Gasteiger partial charge in [0, 0.05) is 38.2 Å². The van der Waals surface area contributed by atoms with Crippen molar-refractivity contribution in [1.29, 1.82) is 0 Å². The Morgan fingerprint density at radius 3 is 1.47 bits per heavy atom. The van der Waals surface area contributed by atoms with E-state index in [-0.39, 0.29) is 0 Å². The molecular formula is C38H74N10O. The maximum atomic E-state index is 4.85. The van der Waals surface area contributed by atoms with Gasteiger partial charge in [-0.05, 0) is 49.4 Å². The summed E-state index contributed by atoms with van der Waals surface area (Å²) in [5.74, 6) is 3.11. The Kier molecular flexibility index (Phi) is 29.1. The molecule has 0 amide bonds. The zero-order valence-corrected chi connectivity index (χ0v) is 32.2. The average molecular weight is 687 g/mol. The van der Waals surface area contributed by atoms with Gasteiger partial charge in [0.05, 0.1) is 25.1 Å². The van der Waals surface area contributed by atoms with Crippen LogP contribution in [0.4, 0.5) is 0 Å². The summed E-state index contributed by atoms with van der Waals surface area (Å²) in [6, 6.07) is 5.58. The standard InChI is InChI=1S/C7H13N3.3C7H14.C5H10N4.C5H9N3O/c1-2-8-5-7-10-6-3-4-9-10;3*1-7-5-3-2-4-6-7;1-2-6-8-9-5-3-4-7-9;1-2-7-9-8-5-3-4-6-8/h3-4,6,8H,2,5,7H2,1H3;3*7H,2-6H2,1H3;3-6,8H,2H2,1H3;3-5,7H,2H2,1H3. The molecule has 3 fully saturated rings. The molecule has 4 N–H and O–H groups in total. The number of likely N-dealkylation sites (N-methyl/N-ethyl adjacent to an activating group) is 1. The molecule has 0 aliphatic heterocycles. The first kappa shape index (κ1) is 44.1. The fourth-order valence-electron chi connectivity index (χ4n) is 5.66. The molecule has 3 saturated carbocycles. The maximum Gasteiger partial charge on any atom is 0.0690 e. The van der Waals surface area contributed by atoms with Crippen molar-refractivity contribution in [2.45, 2.75) is 144 Å². The summed E-state index contributed by atoms with van der Waals surface area (Å²) in [4.78, 5) is 7.80. The fraction of sp³-hybridized carbons (Fsp3) is 0.763. The van der Waals surface area contributed by atoms with E-state index >= 15 is 0 Å². The highest BCUT2D eigenvalue weighted by molar-refractivity contribution is 4.79. The Bertz CT molecular complexity index is 919. The largest absolute Gasteiger partial charge is 0.315 e. The molecule has 49 heavy (non-hydrogen) atoms. The van der Waals surface area contributed by atoms with E-state index in [9.17, 15) is 0 Å². The van der Waals surface area contributed by atoms with Crippen molar-refractivity contribution in [1.82, 2.24) is 45.8 Å². The molecule has 282 valence electrons. The highest BCUT2D eigenvalue weighted by Crippen LogP contribution is 2.23. The summed E-state index contributed by atoms with van der Waals surface area (Å²) in [6.07, 6.45) is 33.0. The minimum Gasteiger partial charge on any atom is -0.315 e. The number of hydrazine groups is 1. The molecule has 3 heterocycles. The summed E-state index contributed by atoms with van der Waals surface area (Å²) in [6.45, 7) is 17.8. The minimum absolute atomic E-state index is 0.764. The summed E-state index contributed by atoms with van der Waals surface area (Å²) in [7, 11) is 0. The van der Waals surface area contributed by atoms with Crippen LogP contribution in [0.3, 0.4) is 0 Å². The molecule has 3 aromatic heterocycles. The molecule has 3 aromatic rings. The lowest BCUT2D eigenvalue weighted by Gasteiger charge is -2.15. The maximum absolute atomic E-state index is 4.85. The summed E-state index contributed by atoms with van der Waals surface area (Å²) < 4.78 is 1.92. The second-order valence-electron chi connectivity index (χ2n) is 13.4. The van der Waals surface area contributed by atoms with Gasteiger partial charge in [0.1, 0.15) is 0 Å². The molecule has 0 bridgehead atoms. The second kappa shape index (κ2) is 32.3. The third-order valence-electron chi connectivity index (χ3n) is 8.67. The monoisotopic (exact) mass is 687 g/mol. The second-order valence-corrected chi connectivity index (χ2v) is 13.4. The Labute approximate surface area is 299 Å². The topological polar surface area (TPSA) is 111 Å². The smallest absolute Gasteiger partial charge is 0.0690 e. The van der Waals surface area contributed by atoms with Gasteiger partial charge in [0.2, 0.25) is 0 Å². The number of hydroxylamine groups is 1. The van der Waals surface area contributed by atoms with Crippen LogP contribution in [-0.4, -0.2) is 55.8 Å². The third kappa shape index (κ3) is 27.6. The van der Waals surface area contributed by atoms with Crippen molar-refractivity contribution in [3.8, 4) is 0 Å². The van der Waals surface area contributed by atoms with E-state index in [0.717, 1.165) is 50.5 Å². The van der Waals surface area contributed by atoms with Crippen LogP contribution in [0.5, 0.6) is 0 Å². The first-order valence-corrected chi connectivity index (χ1v) is 19.5. The molecule has 3 aliphatic rings. The van der Waals surface area contributed by atoms with E-state index in [1.807, 2.05) is 43.1 Å². The van der Waals surface area contributed by atoms with Crippen LogP contribution in [0.2, 0.25) is 0 Å². The van der Waals surface area contributed by atoms with Crippen molar-refractivity contribution < 1.29 is 4.94 Å². The van der Waals surface area contributed by atoms with Crippen LogP contribution >= 0.6 is 0 Å². The van der Waals surface area contributed by atoms with E-state index in [0.29, 0.717) is 0 Å². The number of aromatic nitrogens is 6. The SMILES string of the molecule is CC1CCCCC1.CC1CCCCC1.CC1CCCCC1.CCNCCn1cccn1.CCNNn1cccn1.CCNOn1cccn1. The molecule has 3 aliphatic carbocycles. The fourth-order valence-corrected chi connectivity index (χ4v) is 5.66. The summed E-state index contributed by atoms with van der Waals surface area (Å²) in [5.41, 5.74) is 8.38. The molecule has 11 heteroatoms. The Balaban J connectivity index is 0.000000296. The van der Waals surface area contributed by atoms with Gasteiger partial charge < -0.3 is 10.3 Å². The number of hydrogen-bond donors (Lipinski definition) is 4. The lowest BCUT2D eigenvalue weighted by atomic mass is 9.91. The van der Waals surface area contributed by atoms with Gasteiger partial charge >= 0.3 is 0 Å². The van der Waals surface area contributed by atoms with Crippen molar-refractivity contribution in [2.24, 2.45) is 17.8 Å². The van der Waals surface area contributed by atoms with Crippen LogP contribution in [0.15, 0.2) is 55.4 Å². The van der Waals surface area contributed by atoms with E-state index < -0.39 is 0 Å². The van der Waals surface area contributed by atoms with Crippen LogP contribution in [0.1, 0.15) is 138 Å². The zero-order valence-electron chi connectivity index (χ0n) is 32.2. The Morgan fingerprint density at radius 2 is 1.10 bits per heavy atom. The van der Waals surface area contributed by atoms with Gasteiger partial charge in [-0.2, -0.15) is 15.0 Å². The highest BCUT2D eigenvalue weighted by atomic mass is 16.8. The van der Waals surface area contributed by atoms with Gasteiger partial charge in [0.25, 0.3) is 0 Å². The quantitative estimate of drug-likeness (QED) is 0.125. The van der Waals surface area contributed by atoms with Gasteiger partial charge in [-0.25, -0.2) is 11.0 Å². The van der Waals surface area contributed by atoms with Gasteiger partial charge in [-0.3, -0.25) is 4.68 Å². The molecule has 0 radical (unpaired) electrons. The Hall–Kier alpha value is -2.89. The van der Waals surface area contributed by atoms with Crippen LogP contribution in [-0.2, 0) is 6.54 Å². The molecule has 0 aromatic carbocycles. The van der Waals surface area contributed by atoms with Gasteiger partial charge in [-0.15, -0.1) is 10.6 Å². The van der Waals surface area contributed by atoms with Crippen molar-refractivity contribution in [3.63, 3.8) is 0 Å². The predicted molar refractivity (Wildman–Crippen MR) is 205 cm³/mol. The summed E-state index contributed by atoms with van der Waals surface area (Å²) in [5, 5.41) is 15.0. The minimum atomic E-state index is 0.764. The highest BCUT2D eigenvalue weighted by Gasteiger charge is 2.07. The lowest BCUT2D eigenvalue weighted by Crippen LogP contribution is -2.30. The molecule has 0 saturated heterocycles. The van der Waals surface area contributed by atoms with Crippen LogP contribution < -0.4 is 26.7 Å². The van der Waals surface area contributed by atoms with Gasteiger partial charge in [0.15, 0.2) is 0 Å². The molecule has 0 atom stereocenters. The molecular weight excluding hydrogens is 612 g/mol. The van der Waals surface area contributed by atoms with Crippen molar-refractivity contribution in [2.75, 3.05) is 31.7 Å². The van der Waals surface area contributed by atoms with Crippen molar-refractivity contribution >= 4 is 0 Å². The zero-order chi connectivity index (χ0) is 35.6. The number of nitrogens with one attached hydrogen (secondary N) is 4. The van der Waals surface area contributed by atoms with Crippen LogP contribution in [0, 0.1) is 17.8 Å². The number of rotatable bonds is 10. The first-order chi connectivity index (χ1) is 24.0. The predicted octanol–water partition coefficient (Wildman–Crippen LogP) is 8.04. The first-order valence-electron chi connectivity index (χ1n) is 19.5. The number of hydrogen-bond acceptors (Lipinski definition) is 8. The number of nitrogens with zero attached hydrogens (tertiary/aromatic N) is 6. The molecule has 11 nitrogen and oxygen atoms in total. The molecule has 0 spiro atoms. The van der Waals surface area contributed by atoms with Crippen LogP contribution in [0.25, 0.3) is 0 Å². The normalized spacial score (nSPS) is 16.4. The van der Waals surface area contributed by atoms with E-state index in [4.69, 9.17) is 4.94 Å². The van der Waals surface area contributed by atoms with E-state index in [2.05, 4.69) is 64.7 Å². The molecule has 0 unspecified atom stereocenters. The van der Waals surface area contributed by atoms with Crippen molar-refractivity contribution in [3.05, 3.63) is 55.4 Å². The Morgan fingerprint density at radius 1 is 0.592 bits per heavy atom. The van der Waals surface area contributed by atoms with E-state index in [1.54, 1.807) is 35.6 Å². The third-order valence-corrected chi connectivity index (χ3v) is 8.67. The van der Waals surface area contributed by atoms with E-state index in [1.165, 1.54) is 101 Å². The molecule has 6 rings (SSSR count). The lowest BCUT2D eigenvalue weighted by molar-refractivity contribution is 0.00592. The van der Waals surface area contributed by atoms with Gasteiger partial charge in [-0.1, -0.05) is 136 Å².